The van der Waals surface area contributed by atoms with Crippen LogP contribution in [0.25, 0.3) is 0 Å². The lowest BCUT2D eigenvalue weighted by atomic mass is 9.79. The molecule has 0 heterocycles. The summed E-state index contributed by atoms with van der Waals surface area (Å²) in [7, 11) is 0. The molecule has 2 N–H and O–H groups in total. The number of rotatable bonds is 4. The van der Waals surface area contributed by atoms with Crippen LogP contribution in [-0.2, 0) is 4.79 Å². The highest BCUT2D eigenvalue weighted by molar-refractivity contribution is 5.92. The summed E-state index contributed by atoms with van der Waals surface area (Å²) in [4.78, 5) is 11.1. The van der Waals surface area contributed by atoms with Gasteiger partial charge in [0.15, 0.2) is 5.78 Å². The molecule has 2 aliphatic rings. The van der Waals surface area contributed by atoms with Gasteiger partial charge in [-0.2, -0.15) is 0 Å². The average Bonchev–Trinajstić information content (AvgIpc) is 2.73. The lowest BCUT2D eigenvalue weighted by Crippen LogP contribution is -2.31. The Morgan fingerprint density at radius 3 is 2.62 bits per heavy atom. The molecule has 0 spiro atoms. The van der Waals surface area contributed by atoms with Gasteiger partial charge >= 0.3 is 0 Å². The van der Waals surface area contributed by atoms with Gasteiger partial charge in [-0.15, -0.1) is 0 Å². The van der Waals surface area contributed by atoms with Crippen molar-refractivity contribution in [3.05, 3.63) is 11.8 Å². The highest BCUT2D eigenvalue weighted by Gasteiger charge is 2.24. The Morgan fingerprint density at radius 2 is 2.00 bits per heavy atom. The van der Waals surface area contributed by atoms with Crippen LogP contribution < -0.4 is 5.32 Å². The Hall–Kier alpha value is -0.830. The van der Waals surface area contributed by atoms with Crippen molar-refractivity contribution in [2.45, 2.75) is 38.5 Å². The van der Waals surface area contributed by atoms with Crippen LogP contribution in [0, 0.1) is 11.8 Å². The van der Waals surface area contributed by atoms with E-state index in [0.29, 0.717) is 24.9 Å². The zero-order chi connectivity index (χ0) is 11.4. The molecule has 2 atom stereocenters. The Morgan fingerprint density at radius 1 is 1.25 bits per heavy atom. The molecular formula is C13H21NO2. The van der Waals surface area contributed by atoms with Crippen molar-refractivity contribution in [3.8, 4) is 0 Å². The number of carbonyl (C=O) groups is 1. The lowest BCUT2D eigenvalue weighted by molar-refractivity contribution is -0.114. The first-order valence-corrected chi connectivity index (χ1v) is 6.37. The molecule has 90 valence electrons. The van der Waals surface area contributed by atoms with E-state index in [1.165, 1.54) is 19.3 Å². The van der Waals surface area contributed by atoms with Crippen LogP contribution in [-0.4, -0.2) is 24.0 Å². The summed E-state index contributed by atoms with van der Waals surface area (Å²) in [6.07, 6.45) is 8.16. The van der Waals surface area contributed by atoms with Crippen molar-refractivity contribution < 1.29 is 9.90 Å². The van der Waals surface area contributed by atoms with Gasteiger partial charge in [-0.25, -0.2) is 0 Å². The van der Waals surface area contributed by atoms with E-state index >= 15 is 0 Å². The van der Waals surface area contributed by atoms with E-state index in [2.05, 4.69) is 5.32 Å². The molecule has 0 aromatic heterocycles. The minimum Gasteiger partial charge on any atom is -0.396 e. The van der Waals surface area contributed by atoms with E-state index in [9.17, 15) is 9.90 Å². The first kappa shape index (κ1) is 11.6. The van der Waals surface area contributed by atoms with Crippen LogP contribution in [0.4, 0.5) is 0 Å². The summed E-state index contributed by atoms with van der Waals surface area (Å²) in [5.41, 5.74) is 1.09. The molecule has 0 saturated heterocycles. The molecule has 1 fully saturated rings. The van der Waals surface area contributed by atoms with Crippen LogP contribution in [0.15, 0.2) is 11.8 Å². The van der Waals surface area contributed by atoms with E-state index in [4.69, 9.17) is 0 Å². The van der Waals surface area contributed by atoms with Gasteiger partial charge in [-0.3, -0.25) is 4.79 Å². The van der Waals surface area contributed by atoms with Gasteiger partial charge in [0, 0.05) is 31.3 Å². The monoisotopic (exact) mass is 223 g/mol. The minimum absolute atomic E-state index is 0.241. The van der Waals surface area contributed by atoms with Gasteiger partial charge in [0.2, 0.25) is 0 Å². The number of ketones is 1. The quantitative estimate of drug-likeness (QED) is 0.761. The second-order valence-electron chi connectivity index (χ2n) is 5.00. The number of nitrogens with one attached hydrogen (secondary N) is 1. The van der Waals surface area contributed by atoms with Crippen LogP contribution in [0.3, 0.4) is 0 Å². The molecule has 1 saturated carbocycles. The molecule has 16 heavy (non-hydrogen) atoms. The van der Waals surface area contributed by atoms with E-state index in [1.54, 1.807) is 6.08 Å². The van der Waals surface area contributed by atoms with Crippen molar-refractivity contribution in [1.29, 1.82) is 0 Å². The molecule has 3 nitrogen and oxygen atoms in total. The summed E-state index contributed by atoms with van der Waals surface area (Å²) in [5, 5.41) is 12.7. The van der Waals surface area contributed by atoms with Gasteiger partial charge in [0.05, 0.1) is 0 Å². The third-order valence-electron chi connectivity index (χ3n) is 3.87. The maximum atomic E-state index is 11.1. The Balaban J connectivity index is 1.79. The first-order valence-electron chi connectivity index (χ1n) is 6.37. The molecule has 2 aliphatic carbocycles. The van der Waals surface area contributed by atoms with Gasteiger partial charge < -0.3 is 10.4 Å². The smallest absolute Gasteiger partial charge is 0.157 e. The van der Waals surface area contributed by atoms with Crippen molar-refractivity contribution in [2.75, 3.05) is 13.2 Å². The maximum absolute atomic E-state index is 11.1. The molecule has 0 radical (unpaired) electrons. The van der Waals surface area contributed by atoms with Gasteiger partial charge in [-0.05, 0) is 31.1 Å². The lowest BCUT2D eigenvalue weighted by Gasteiger charge is -2.30. The zero-order valence-corrected chi connectivity index (χ0v) is 9.74. The van der Waals surface area contributed by atoms with Crippen LogP contribution in [0.2, 0.25) is 0 Å². The van der Waals surface area contributed by atoms with Crippen LogP contribution >= 0.6 is 0 Å². The van der Waals surface area contributed by atoms with E-state index in [-0.39, 0.29) is 5.78 Å². The zero-order valence-electron chi connectivity index (χ0n) is 9.74. The van der Waals surface area contributed by atoms with Gasteiger partial charge in [-0.1, -0.05) is 12.8 Å². The summed E-state index contributed by atoms with van der Waals surface area (Å²) >= 11 is 0. The number of allylic oxidation sites excluding steroid dienone is 2. The van der Waals surface area contributed by atoms with E-state index in [0.717, 1.165) is 25.1 Å². The van der Waals surface area contributed by atoms with Crippen molar-refractivity contribution in [1.82, 2.24) is 5.32 Å². The third kappa shape index (κ3) is 2.85. The summed E-state index contributed by atoms with van der Waals surface area (Å²) in [5.74, 6) is 1.28. The second kappa shape index (κ2) is 5.48. The molecule has 0 aromatic carbocycles. The molecule has 0 bridgehead atoms. The van der Waals surface area contributed by atoms with Crippen molar-refractivity contribution in [3.63, 3.8) is 0 Å². The SMILES string of the molecule is O=C1C=C(NCC2CCCCC2CO)CC1. The Bertz CT molecular complexity index is 286. The molecule has 0 amide bonds. The largest absolute Gasteiger partial charge is 0.396 e. The predicted octanol–water partition coefficient (Wildman–Crippen LogP) is 1.62. The van der Waals surface area contributed by atoms with E-state index < -0.39 is 0 Å². The average molecular weight is 223 g/mol. The molecule has 3 heteroatoms. The van der Waals surface area contributed by atoms with Gasteiger partial charge in [0.25, 0.3) is 0 Å². The standard InChI is InChI=1S/C13H21NO2/c15-9-11-4-2-1-3-10(11)8-14-12-5-6-13(16)7-12/h7,10-11,14-15H,1-6,8-9H2. The normalized spacial score (nSPS) is 30.3. The maximum Gasteiger partial charge on any atom is 0.157 e. The molecule has 2 unspecified atom stereocenters. The molecule has 0 aliphatic heterocycles. The topological polar surface area (TPSA) is 49.3 Å². The highest BCUT2D eigenvalue weighted by Crippen LogP contribution is 2.29. The number of carbonyl (C=O) groups excluding carboxylic acids is 1. The van der Waals surface area contributed by atoms with Crippen LogP contribution in [0.1, 0.15) is 38.5 Å². The third-order valence-corrected chi connectivity index (χ3v) is 3.87. The molecule has 2 rings (SSSR count). The van der Waals surface area contributed by atoms with Crippen LogP contribution in [0.5, 0.6) is 0 Å². The number of aliphatic hydroxyl groups excluding tert-OH is 1. The van der Waals surface area contributed by atoms with Crippen molar-refractivity contribution >= 4 is 5.78 Å². The Labute approximate surface area is 96.9 Å². The molecular weight excluding hydrogens is 202 g/mol. The highest BCUT2D eigenvalue weighted by atomic mass is 16.3. The Kier molecular flexibility index (Phi) is 3.99. The fraction of sp³-hybridized carbons (Fsp3) is 0.769. The van der Waals surface area contributed by atoms with Gasteiger partial charge in [0.1, 0.15) is 0 Å². The molecule has 0 aromatic rings. The summed E-state index contributed by atoms with van der Waals surface area (Å²) in [6, 6.07) is 0. The summed E-state index contributed by atoms with van der Waals surface area (Å²) in [6.45, 7) is 1.23. The number of hydrogen-bond acceptors (Lipinski definition) is 3. The van der Waals surface area contributed by atoms with E-state index in [1.807, 2.05) is 0 Å². The fourth-order valence-corrected chi connectivity index (χ4v) is 2.79. The summed E-state index contributed by atoms with van der Waals surface area (Å²) < 4.78 is 0. The second-order valence-corrected chi connectivity index (χ2v) is 5.00. The fourth-order valence-electron chi connectivity index (χ4n) is 2.79. The number of aliphatic hydroxyl groups is 1. The first-order chi connectivity index (χ1) is 7.79. The van der Waals surface area contributed by atoms with Crippen molar-refractivity contribution in [2.24, 2.45) is 11.8 Å². The predicted molar refractivity (Wildman–Crippen MR) is 62.9 cm³/mol. The number of hydrogen-bond donors (Lipinski definition) is 2. The minimum atomic E-state index is 0.241.